The Kier molecular flexibility index (Phi) is 5.91. The Morgan fingerprint density at radius 1 is 1.06 bits per heavy atom. The lowest BCUT2D eigenvalue weighted by Gasteiger charge is -2.14. The Bertz CT molecular complexity index is 1550. The van der Waals surface area contributed by atoms with Crippen LogP contribution in [0.25, 0.3) is 15.9 Å². The van der Waals surface area contributed by atoms with Gasteiger partial charge in [0, 0.05) is 15.6 Å². The molecule has 0 saturated carbocycles. The number of thiophene rings is 1. The van der Waals surface area contributed by atoms with E-state index in [1.807, 2.05) is 32.0 Å². The summed E-state index contributed by atoms with van der Waals surface area (Å²) in [7, 11) is 0. The summed E-state index contributed by atoms with van der Waals surface area (Å²) < 4.78 is 2.60. The van der Waals surface area contributed by atoms with Gasteiger partial charge in [-0.25, -0.2) is 9.36 Å². The predicted octanol–water partition coefficient (Wildman–Crippen LogP) is 5.00. The zero-order chi connectivity index (χ0) is 24.0. The van der Waals surface area contributed by atoms with E-state index in [-0.39, 0.29) is 18.0 Å². The number of fused-ring (bicyclic) bond motifs is 3. The molecule has 0 unspecified atom stereocenters. The van der Waals surface area contributed by atoms with Gasteiger partial charge in [-0.2, -0.15) is 0 Å². The molecule has 0 fully saturated rings. The summed E-state index contributed by atoms with van der Waals surface area (Å²) in [5.41, 5.74) is 3.33. The third-order valence-electron chi connectivity index (χ3n) is 6.28. The van der Waals surface area contributed by atoms with Gasteiger partial charge >= 0.3 is 5.69 Å². The highest BCUT2D eigenvalue weighted by Gasteiger charge is 2.25. The molecule has 174 valence electrons. The van der Waals surface area contributed by atoms with Gasteiger partial charge in [0.05, 0.1) is 11.1 Å². The molecule has 1 N–H and O–H groups in total. The minimum absolute atomic E-state index is 0.185. The fraction of sp³-hybridized carbons (Fsp3) is 0.269. The van der Waals surface area contributed by atoms with Crippen molar-refractivity contribution in [3.8, 4) is 5.69 Å². The molecule has 34 heavy (non-hydrogen) atoms. The number of hydrogen-bond donors (Lipinski definition) is 1. The number of amides is 1. The molecule has 4 aromatic rings. The lowest BCUT2D eigenvalue weighted by Crippen LogP contribution is -2.40. The molecule has 2 aromatic carbocycles. The van der Waals surface area contributed by atoms with Crippen molar-refractivity contribution < 1.29 is 4.79 Å². The molecule has 1 amide bonds. The first-order valence-electron chi connectivity index (χ1n) is 11.3. The van der Waals surface area contributed by atoms with Crippen LogP contribution in [0.15, 0.2) is 52.1 Å². The minimum Gasteiger partial charge on any atom is -0.324 e. The predicted molar refractivity (Wildman–Crippen MR) is 138 cm³/mol. The van der Waals surface area contributed by atoms with Gasteiger partial charge in [-0.1, -0.05) is 29.3 Å². The van der Waals surface area contributed by atoms with Gasteiger partial charge in [0.1, 0.15) is 11.4 Å². The molecular formula is C26H24ClN3O3S. The second kappa shape index (κ2) is 8.89. The van der Waals surface area contributed by atoms with Crippen molar-refractivity contribution in [1.82, 2.24) is 9.13 Å². The van der Waals surface area contributed by atoms with Gasteiger partial charge in [-0.05, 0) is 81.0 Å². The Morgan fingerprint density at radius 2 is 1.79 bits per heavy atom. The zero-order valence-electron chi connectivity index (χ0n) is 19.0. The molecule has 0 spiro atoms. The number of nitrogens with zero attached hydrogens (tertiary/aromatic N) is 2. The van der Waals surface area contributed by atoms with Crippen molar-refractivity contribution in [2.45, 2.75) is 46.1 Å². The van der Waals surface area contributed by atoms with Crippen LogP contribution in [0.4, 0.5) is 5.69 Å². The van der Waals surface area contributed by atoms with E-state index in [2.05, 4.69) is 5.32 Å². The number of halogens is 1. The Hall–Kier alpha value is -3.16. The zero-order valence-corrected chi connectivity index (χ0v) is 20.6. The molecular weight excluding hydrogens is 470 g/mol. The maximum Gasteiger partial charge on any atom is 0.337 e. The largest absolute Gasteiger partial charge is 0.337 e. The number of rotatable bonds is 4. The average Bonchev–Trinajstić information content (AvgIpc) is 3.20. The van der Waals surface area contributed by atoms with Gasteiger partial charge in [-0.15, -0.1) is 11.3 Å². The van der Waals surface area contributed by atoms with Gasteiger partial charge in [-0.3, -0.25) is 14.2 Å². The van der Waals surface area contributed by atoms with Gasteiger partial charge in [0.25, 0.3) is 5.56 Å². The molecule has 8 heteroatoms. The van der Waals surface area contributed by atoms with Crippen molar-refractivity contribution >= 4 is 44.7 Å². The summed E-state index contributed by atoms with van der Waals surface area (Å²) in [6.45, 7) is 3.74. The average molecular weight is 494 g/mol. The van der Waals surface area contributed by atoms with E-state index < -0.39 is 5.69 Å². The molecule has 1 aliphatic carbocycles. The highest BCUT2D eigenvalue weighted by molar-refractivity contribution is 7.18. The standard InChI is InChI=1S/C26H24ClN3O3S/c1-15-7-12-20(16(2)13-15)28-22(31)14-29-25-23(19-5-3-4-6-21(19)34-25)24(32)30(26(29)33)18-10-8-17(27)9-11-18/h7-13H,3-6,14H2,1-2H3,(H,28,31). The van der Waals surface area contributed by atoms with Gasteiger partial charge < -0.3 is 5.32 Å². The topological polar surface area (TPSA) is 73.1 Å². The Labute approximate surface area is 205 Å². The van der Waals surface area contributed by atoms with Crippen molar-refractivity contribution in [3.63, 3.8) is 0 Å². The number of aromatic nitrogens is 2. The molecule has 0 radical (unpaired) electrons. The normalized spacial score (nSPS) is 13.1. The summed E-state index contributed by atoms with van der Waals surface area (Å²) in [4.78, 5) is 42.0. The van der Waals surface area contributed by atoms with Crippen LogP contribution in [0, 0.1) is 13.8 Å². The van der Waals surface area contributed by atoms with Crippen LogP contribution in [-0.2, 0) is 24.2 Å². The third-order valence-corrected chi connectivity index (χ3v) is 7.85. The monoisotopic (exact) mass is 493 g/mol. The van der Waals surface area contributed by atoms with Crippen LogP contribution in [0.2, 0.25) is 5.02 Å². The maximum absolute atomic E-state index is 13.6. The van der Waals surface area contributed by atoms with Gasteiger partial charge in [0.15, 0.2) is 0 Å². The fourth-order valence-corrected chi connectivity index (χ4v) is 6.11. The third kappa shape index (κ3) is 3.99. The molecule has 5 rings (SSSR count). The lowest BCUT2D eigenvalue weighted by atomic mass is 9.97. The Morgan fingerprint density at radius 3 is 2.53 bits per heavy atom. The molecule has 0 aliphatic heterocycles. The number of aryl methyl sites for hydroxylation is 4. The molecule has 2 heterocycles. The number of nitrogens with one attached hydrogen (secondary N) is 1. The number of carbonyl (C=O) groups is 1. The number of hydrogen-bond acceptors (Lipinski definition) is 4. The van der Waals surface area contributed by atoms with Crippen LogP contribution >= 0.6 is 22.9 Å². The summed E-state index contributed by atoms with van der Waals surface area (Å²) in [6.07, 6.45) is 3.75. The van der Waals surface area contributed by atoms with E-state index in [1.165, 1.54) is 15.9 Å². The SMILES string of the molecule is Cc1ccc(NC(=O)Cn2c(=O)n(-c3ccc(Cl)cc3)c(=O)c3c4c(sc32)CCCC4)c(C)c1. The van der Waals surface area contributed by atoms with E-state index in [0.29, 0.717) is 26.6 Å². The molecule has 2 aromatic heterocycles. The van der Waals surface area contributed by atoms with E-state index >= 15 is 0 Å². The number of anilines is 1. The Balaban J connectivity index is 1.66. The first-order valence-corrected chi connectivity index (χ1v) is 12.5. The first kappa shape index (κ1) is 22.6. The molecule has 0 bridgehead atoms. The van der Waals surface area contributed by atoms with E-state index in [1.54, 1.807) is 24.3 Å². The van der Waals surface area contributed by atoms with Crippen molar-refractivity contribution in [2.24, 2.45) is 0 Å². The highest BCUT2D eigenvalue weighted by atomic mass is 35.5. The second-order valence-corrected chi connectivity index (χ2v) is 10.3. The van der Waals surface area contributed by atoms with Crippen LogP contribution in [-0.4, -0.2) is 15.0 Å². The van der Waals surface area contributed by atoms with E-state index in [0.717, 1.165) is 51.8 Å². The van der Waals surface area contributed by atoms with Crippen LogP contribution in [0.3, 0.4) is 0 Å². The summed E-state index contributed by atoms with van der Waals surface area (Å²) in [6, 6.07) is 12.4. The fourth-order valence-electron chi connectivity index (χ4n) is 4.61. The second-order valence-electron chi connectivity index (χ2n) is 8.74. The first-order chi connectivity index (χ1) is 16.3. The number of benzene rings is 2. The van der Waals surface area contributed by atoms with Crippen molar-refractivity contribution in [2.75, 3.05) is 5.32 Å². The summed E-state index contributed by atoms with van der Waals surface area (Å²) in [5, 5.41) is 3.98. The molecule has 0 saturated heterocycles. The van der Waals surface area contributed by atoms with Gasteiger partial charge in [0.2, 0.25) is 5.91 Å². The summed E-state index contributed by atoms with van der Waals surface area (Å²) in [5.74, 6) is -0.317. The van der Waals surface area contributed by atoms with Crippen LogP contribution in [0.5, 0.6) is 0 Å². The number of carbonyl (C=O) groups excluding carboxylic acids is 1. The molecule has 0 atom stereocenters. The van der Waals surface area contributed by atoms with Crippen LogP contribution in [0.1, 0.15) is 34.4 Å². The molecule has 6 nitrogen and oxygen atoms in total. The summed E-state index contributed by atoms with van der Waals surface area (Å²) >= 11 is 7.49. The highest BCUT2D eigenvalue weighted by Crippen LogP contribution is 2.34. The van der Waals surface area contributed by atoms with Crippen LogP contribution < -0.4 is 16.6 Å². The molecule has 1 aliphatic rings. The quantitative estimate of drug-likeness (QED) is 0.434. The minimum atomic E-state index is -0.533. The maximum atomic E-state index is 13.6. The van der Waals surface area contributed by atoms with Crippen molar-refractivity contribution in [1.29, 1.82) is 0 Å². The smallest absolute Gasteiger partial charge is 0.324 e. The van der Waals surface area contributed by atoms with E-state index in [9.17, 15) is 14.4 Å². The lowest BCUT2D eigenvalue weighted by molar-refractivity contribution is -0.116. The van der Waals surface area contributed by atoms with Crippen molar-refractivity contribution in [3.05, 3.63) is 89.9 Å². The van der Waals surface area contributed by atoms with E-state index in [4.69, 9.17) is 11.6 Å².